The maximum absolute atomic E-state index is 4.62. The van der Waals surface area contributed by atoms with Crippen LogP contribution in [0, 0.1) is 0 Å². The predicted octanol–water partition coefficient (Wildman–Crippen LogP) is 2.79. The minimum Gasteiger partial charge on any atom is -0.229 e. The lowest BCUT2D eigenvalue weighted by atomic mass is 10.2. The maximum atomic E-state index is 4.62. The molecule has 0 bridgehead atoms. The normalized spacial score (nSPS) is 11.0. The highest BCUT2D eigenvalue weighted by Crippen LogP contribution is 2.31. The average Bonchev–Trinajstić information content (AvgIpc) is 3.17. The topological polar surface area (TPSA) is 68.9 Å². The standard InChI is InChI=1S/C13H8N6S2/c1-2-4-9(5-3-1)10-8-20-13(14-10)21-12-7-6-11-15-17-18-19(11)16-12/h1-8H. The maximum Gasteiger partial charge on any atom is 0.200 e. The minimum absolute atomic E-state index is 0.628. The first-order valence-corrected chi connectivity index (χ1v) is 7.82. The van der Waals surface area contributed by atoms with E-state index in [1.165, 1.54) is 16.4 Å². The summed E-state index contributed by atoms with van der Waals surface area (Å²) in [6, 6.07) is 13.8. The fourth-order valence-corrected chi connectivity index (χ4v) is 3.55. The molecule has 102 valence electrons. The lowest BCUT2D eigenvalue weighted by Gasteiger charge is -1.96. The molecule has 0 amide bonds. The van der Waals surface area contributed by atoms with Crippen LogP contribution in [0.5, 0.6) is 0 Å². The van der Waals surface area contributed by atoms with Gasteiger partial charge in [-0.15, -0.1) is 26.2 Å². The molecule has 3 aromatic heterocycles. The number of tetrazole rings is 1. The fraction of sp³-hybridized carbons (Fsp3) is 0. The molecule has 8 heteroatoms. The highest BCUT2D eigenvalue weighted by molar-refractivity contribution is 8.01. The molecule has 0 N–H and O–H groups in total. The Balaban J connectivity index is 1.61. The van der Waals surface area contributed by atoms with Crippen molar-refractivity contribution in [2.24, 2.45) is 0 Å². The zero-order valence-electron chi connectivity index (χ0n) is 10.6. The second-order valence-electron chi connectivity index (χ2n) is 4.16. The Morgan fingerprint density at radius 1 is 1.05 bits per heavy atom. The summed E-state index contributed by atoms with van der Waals surface area (Å²) in [5.74, 6) is 0. The van der Waals surface area contributed by atoms with Crippen LogP contribution in [0.4, 0.5) is 0 Å². The molecule has 3 heterocycles. The number of benzene rings is 1. The van der Waals surface area contributed by atoms with E-state index in [0.29, 0.717) is 5.65 Å². The van der Waals surface area contributed by atoms with Gasteiger partial charge in [0.1, 0.15) is 5.03 Å². The SMILES string of the molecule is c1ccc(-c2csc(Sc3ccc4nnnn4n3)n2)cc1. The van der Waals surface area contributed by atoms with Gasteiger partial charge >= 0.3 is 0 Å². The summed E-state index contributed by atoms with van der Waals surface area (Å²) < 4.78 is 2.35. The van der Waals surface area contributed by atoms with Crippen LogP contribution in [-0.4, -0.2) is 30.2 Å². The Morgan fingerprint density at radius 2 is 1.95 bits per heavy atom. The quantitative estimate of drug-likeness (QED) is 0.579. The van der Waals surface area contributed by atoms with Crippen molar-refractivity contribution < 1.29 is 0 Å². The van der Waals surface area contributed by atoms with Gasteiger partial charge in [-0.3, -0.25) is 0 Å². The number of hydrogen-bond acceptors (Lipinski definition) is 7. The minimum atomic E-state index is 0.628. The van der Waals surface area contributed by atoms with Crippen molar-refractivity contribution in [3.63, 3.8) is 0 Å². The van der Waals surface area contributed by atoms with Crippen LogP contribution in [0.15, 0.2) is 57.2 Å². The van der Waals surface area contributed by atoms with Crippen LogP contribution in [0.25, 0.3) is 16.9 Å². The zero-order valence-corrected chi connectivity index (χ0v) is 12.3. The first-order valence-electron chi connectivity index (χ1n) is 6.13. The highest BCUT2D eigenvalue weighted by atomic mass is 32.2. The fourth-order valence-electron chi connectivity index (χ4n) is 1.82. The Labute approximate surface area is 127 Å². The zero-order chi connectivity index (χ0) is 14.1. The molecule has 0 radical (unpaired) electrons. The van der Waals surface area contributed by atoms with E-state index in [-0.39, 0.29) is 0 Å². The Morgan fingerprint density at radius 3 is 2.86 bits per heavy atom. The number of hydrogen-bond donors (Lipinski definition) is 0. The molecule has 0 unspecified atom stereocenters. The van der Waals surface area contributed by atoms with Gasteiger partial charge in [0, 0.05) is 10.9 Å². The summed E-state index contributed by atoms with van der Waals surface area (Å²) in [6.07, 6.45) is 0. The summed E-state index contributed by atoms with van der Waals surface area (Å²) in [4.78, 5) is 4.62. The Kier molecular flexibility index (Phi) is 3.09. The third-order valence-corrected chi connectivity index (χ3v) is 4.66. The molecular weight excluding hydrogens is 304 g/mol. The summed E-state index contributed by atoms with van der Waals surface area (Å²) >= 11 is 3.10. The van der Waals surface area contributed by atoms with Gasteiger partial charge in [0.25, 0.3) is 0 Å². The molecule has 0 aliphatic rings. The van der Waals surface area contributed by atoms with Crippen LogP contribution < -0.4 is 0 Å². The predicted molar refractivity (Wildman–Crippen MR) is 80.2 cm³/mol. The Bertz CT molecular complexity index is 886. The van der Waals surface area contributed by atoms with Crippen LogP contribution >= 0.6 is 23.1 Å². The molecule has 0 saturated heterocycles. The first-order chi connectivity index (χ1) is 10.4. The highest BCUT2D eigenvalue weighted by Gasteiger charge is 2.08. The van der Waals surface area contributed by atoms with Gasteiger partial charge in [0.15, 0.2) is 9.99 Å². The molecule has 0 atom stereocenters. The number of thiazole rings is 1. The number of nitrogens with zero attached hydrogens (tertiary/aromatic N) is 6. The lowest BCUT2D eigenvalue weighted by Crippen LogP contribution is -1.94. The summed E-state index contributed by atoms with van der Waals surface area (Å²) in [5, 5.41) is 18.4. The third-order valence-electron chi connectivity index (χ3n) is 2.79. The van der Waals surface area contributed by atoms with E-state index in [0.717, 1.165) is 20.6 Å². The molecule has 0 aliphatic carbocycles. The molecular formula is C13H8N6S2. The van der Waals surface area contributed by atoms with Crippen molar-refractivity contribution in [1.82, 2.24) is 30.2 Å². The van der Waals surface area contributed by atoms with Crippen LogP contribution in [0.2, 0.25) is 0 Å². The van der Waals surface area contributed by atoms with Crippen LogP contribution in [0.3, 0.4) is 0 Å². The first kappa shape index (κ1) is 12.4. The summed E-state index contributed by atoms with van der Waals surface area (Å²) in [7, 11) is 0. The molecule has 1 aromatic carbocycles. The van der Waals surface area contributed by atoms with Crippen molar-refractivity contribution in [2.45, 2.75) is 9.37 Å². The van der Waals surface area contributed by atoms with Crippen molar-refractivity contribution in [3.05, 3.63) is 47.8 Å². The molecule has 0 aliphatic heterocycles. The molecule has 21 heavy (non-hydrogen) atoms. The second-order valence-corrected chi connectivity index (χ2v) is 6.29. The van der Waals surface area contributed by atoms with Gasteiger partial charge in [-0.2, -0.15) is 0 Å². The van der Waals surface area contributed by atoms with E-state index < -0.39 is 0 Å². The van der Waals surface area contributed by atoms with Crippen LogP contribution in [-0.2, 0) is 0 Å². The number of rotatable bonds is 3. The average molecular weight is 312 g/mol. The van der Waals surface area contributed by atoms with Crippen molar-refractivity contribution in [3.8, 4) is 11.3 Å². The van der Waals surface area contributed by atoms with E-state index in [1.807, 2.05) is 35.7 Å². The van der Waals surface area contributed by atoms with E-state index in [9.17, 15) is 0 Å². The molecule has 0 spiro atoms. The van der Waals surface area contributed by atoms with Crippen molar-refractivity contribution >= 4 is 28.7 Å². The smallest absolute Gasteiger partial charge is 0.200 e. The van der Waals surface area contributed by atoms with E-state index in [1.54, 1.807) is 11.3 Å². The molecule has 4 rings (SSSR count). The lowest BCUT2D eigenvalue weighted by molar-refractivity contribution is 0.702. The monoisotopic (exact) mass is 312 g/mol. The van der Waals surface area contributed by atoms with E-state index in [2.05, 4.69) is 37.7 Å². The molecule has 0 fully saturated rings. The summed E-state index contributed by atoms with van der Waals surface area (Å²) in [6.45, 7) is 0. The van der Waals surface area contributed by atoms with Gasteiger partial charge in [0.05, 0.1) is 5.69 Å². The second kappa shape index (κ2) is 5.23. The molecule has 4 aromatic rings. The van der Waals surface area contributed by atoms with Crippen molar-refractivity contribution in [1.29, 1.82) is 0 Å². The van der Waals surface area contributed by atoms with Crippen LogP contribution in [0.1, 0.15) is 0 Å². The van der Waals surface area contributed by atoms with E-state index in [4.69, 9.17) is 0 Å². The van der Waals surface area contributed by atoms with Gasteiger partial charge in [-0.05, 0) is 34.3 Å². The van der Waals surface area contributed by atoms with Crippen molar-refractivity contribution in [2.75, 3.05) is 0 Å². The third kappa shape index (κ3) is 2.50. The Hall–Kier alpha value is -2.32. The van der Waals surface area contributed by atoms with Gasteiger partial charge < -0.3 is 0 Å². The van der Waals surface area contributed by atoms with E-state index >= 15 is 0 Å². The summed E-state index contributed by atoms with van der Waals surface area (Å²) in [5.41, 5.74) is 2.72. The largest absolute Gasteiger partial charge is 0.229 e. The molecule has 6 nitrogen and oxygen atoms in total. The van der Waals surface area contributed by atoms with Gasteiger partial charge in [0.2, 0.25) is 0 Å². The number of aromatic nitrogens is 6. The van der Waals surface area contributed by atoms with Gasteiger partial charge in [-0.1, -0.05) is 30.3 Å². The number of fused-ring (bicyclic) bond motifs is 1. The molecule has 0 saturated carbocycles. The van der Waals surface area contributed by atoms with Gasteiger partial charge in [-0.25, -0.2) is 4.98 Å².